The van der Waals surface area contributed by atoms with Gasteiger partial charge in [-0.2, -0.15) is 0 Å². The number of carbonyl (C=O) groups excluding carboxylic acids is 2. The molecule has 2 rings (SSSR count). The third-order valence-corrected chi connectivity index (χ3v) is 4.67. The number of sulfonamides is 1. The molecular formula is C18H19NO8S. The van der Waals surface area contributed by atoms with E-state index in [0.717, 1.165) is 6.07 Å². The molecule has 0 fully saturated rings. The lowest BCUT2D eigenvalue weighted by Crippen LogP contribution is -2.17. The van der Waals surface area contributed by atoms with Crippen LogP contribution in [-0.4, -0.2) is 48.1 Å². The lowest BCUT2D eigenvalue weighted by Gasteiger charge is -2.12. The molecule has 9 nitrogen and oxygen atoms in total. The molecule has 0 atom stereocenters. The summed E-state index contributed by atoms with van der Waals surface area (Å²) < 4.78 is 43.3. The van der Waals surface area contributed by atoms with Gasteiger partial charge in [0.1, 0.15) is 22.8 Å². The zero-order chi connectivity index (χ0) is 20.9. The van der Waals surface area contributed by atoms with Crippen molar-refractivity contribution in [1.82, 2.24) is 0 Å². The van der Waals surface area contributed by atoms with Gasteiger partial charge in [0.2, 0.25) is 15.8 Å². The molecule has 28 heavy (non-hydrogen) atoms. The summed E-state index contributed by atoms with van der Waals surface area (Å²) in [5.74, 6) is -0.694. The molecule has 0 aliphatic carbocycles. The van der Waals surface area contributed by atoms with E-state index in [2.05, 4.69) is 0 Å². The Morgan fingerprint density at radius 2 is 1.50 bits per heavy atom. The molecule has 0 saturated carbocycles. The van der Waals surface area contributed by atoms with Crippen LogP contribution in [0.4, 0.5) is 0 Å². The van der Waals surface area contributed by atoms with Crippen LogP contribution in [0.25, 0.3) is 0 Å². The zero-order valence-corrected chi connectivity index (χ0v) is 16.2. The standard InChI is InChI=1S/C18H19NO8S/c1-24-11-4-6-16(25-2)13(8-11)15(20)10-27-18(21)14-9-12(28(19,22)23)5-7-17(14)26-3/h4-9H,10H2,1-3H3,(H2,19,22,23). The highest BCUT2D eigenvalue weighted by molar-refractivity contribution is 7.89. The Morgan fingerprint density at radius 3 is 2.07 bits per heavy atom. The van der Waals surface area contributed by atoms with Gasteiger partial charge in [0, 0.05) is 0 Å². The maximum atomic E-state index is 12.4. The summed E-state index contributed by atoms with van der Waals surface area (Å²) in [4.78, 5) is 24.5. The van der Waals surface area contributed by atoms with Crippen molar-refractivity contribution in [2.45, 2.75) is 4.90 Å². The molecular weight excluding hydrogens is 390 g/mol. The number of esters is 1. The number of rotatable bonds is 8. The minimum atomic E-state index is -4.04. The number of Topliss-reactive ketones (excluding diaryl/α,β-unsaturated/α-hetero) is 1. The molecule has 0 aromatic heterocycles. The quantitative estimate of drug-likeness (QED) is 0.511. The smallest absolute Gasteiger partial charge is 0.342 e. The van der Waals surface area contributed by atoms with Gasteiger partial charge >= 0.3 is 5.97 Å². The topological polar surface area (TPSA) is 131 Å². The molecule has 0 aliphatic rings. The molecule has 0 unspecified atom stereocenters. The second-order valence-electron chi connectivity index (χ2n) is 5.47. The third kappa shape index (κ3) is 4.78. The van der Waals surface area contributed by atoms with Gasteiger partial charge in [-0.25, -0.2) is 18.4 Å². The zero-order valence-electron chi connectivity index (χ0n) is 15.4. The van der Waals surface area contributed by atoms with Crippen LogP contribution in [0.3, 0.4) is 0 Å². The minimum Gasteiger partial charge on any atom is -0.497 e. The van der Waals surface area contributed by atoms with Crippen molar-refractivity contribution in [3.05, 3.63) is 47.5 Å². The van der Waals surface area contributed by atoms with E-state index in [4.69, 9.17) is 24.1 Å². The Bertz CT molecular complexity index is 1000. The fraction of sp³-hybridized carbons (Fsp3) is 0.222. The van der Waals surface area contributed by atoms with Gasteiger partial charge in [-0.05, 0) is 36.4 Å². The van der Waals surface area contributed by atoms with Crippen molar-refractivity contribution in [2.75, 3.05) is 27.9 Å². The van der Waals surface area contributed by atoms with E-state index in [1.807, 2.05) is 0 Å². The predicted octanol–water partition coefficient (Wildman–Crippen LogP) is 1.40. The SMILES string of the molecule is COc1ccc(OC)c(C(=O)COC(=O)c2cc(S(N)(=O)=O)ccc2OC)c1. The predicted molar refractivity (Wildman–Crippen MR) is 98.5 cm³/mol. The fourth-order valence-electron chi connectivity index (χ4n) is 2.34. The van der Waals surface area contributed by atoms with E-state index in [1.54, 1.807) is 12.1 Å². The number of ketones is 1. The number of carbonyl (C=O) groups is 2. The fourth-order valence-corrected chi connectivity index (χ4v) is 2.88. The molecule has 10 heteroatoms. The molecule has 0 amide bonds. The maximum Gasteiger partial charge on any atom is 0.342 e. The van der Waals surface area contributed by atoms with Crippen LogP contribution in [0.1, 0.15) is 20.7 Å². The van der Waals surface area contributed by atoms with Gasteiger partial charge in [-0.1, -0.05) is 0 Å². The average molecular weight is 409 g/mol. The summed E-state index contributed by atoms with van der Waals surface area (Å²) >= 11 is 0. The van der Waals surface area contributed by atoms with Crippen molar-refractivity contribution >= 4 is 21.8 Å². The number of hydrogen-bond donors (Lipinski definition) is 1. The Kier molecular flexibility index (Phi) is 6.60. The summed E-state index contributed by atoms with van der Waals surface area (Å²) in [5.41, 5.74) is -0.0145. The van der Waals surface area contributed by atoms with Gasteiger partial charge in [0.05, 0.1) is 31.8 Å². The van der Waals surface area contributed by atoms with E-state index >= 15 is 0 Å². The Labute approximate surface area is 162 Å². The normalized spacial score (nSPS) is 10.9. The lowest BCUT2D eigenvalue weighted by atomic mass is 10.1. The van der Waals surface area contributed by atoms with E-state index in [9.17, 15) is 18.0 Å². The van der Waals surface area contributed by atoms with Crippen LogP contribution in [0.2, 0.25) is 0 Å². The largest absolute Gasteiger partial charge is 0.497 e. The van der Waals surface area contributed by atoms with Gasteiger partial charge in [0.25, 0.3) is 0 Å². The number of nitrogens with two attached hydrogens (primary N) is 1. The highest BCUT2D eigenvalue weighted by Crippen LogP contribution is 2.25. The number of benzene rings is 2. The van der Waals surface area contributed by atoms with Crippen LogP contribution < -0.4 is 19.3 Å². The van der Waals surface area contributed by atoms with E-state index < -0.39 is 28.4 Å². The number of hydrogen-bond acceptors (Lipinski definition) is 8. The Balaban J connectivity index is 2.24. The van der Waals surface area contributed by atoms with Crippen molar-refractivity contribution in [1.29, 1.82) is 0 Å². The maximum absolute atomic E-state index is 12.4. The summed E-state index contributed by atoms with van der Waals surface area (Å²) in [6.45, 7) is -0.606. The van der Waals surface area contributed by atoms with E-state index in [0.29, 0.717) is 5.75 Å². The van der Waals surface area contributed by atoms with Gasteiger partial charge in [-0.3, -0.25) is 4.79 Å². The van der Waals surface area contributed by atoms with E-state index in [1.165, 1.54) is 39.5 Å². The first kappa shape index (κ1) is 21.2. The van der Waals surface area contributed by atoms with Crippen LogP contribution in [-0.2, 0) is 14.8 Å². The second kappa shape index (κ2) is 8.72. The highest BCUT2D eigenvalue weighted by atomic mass is 32.2. The second-order valence-corrected chi connectivity index (χ2v) is 7.03. The van der Waals surface area contributed by atoms with Crippen molar-refractivity contribution in [3.63, 3.8) is 0 Å². The number of primary sulfonamides is 1. The van der Waals surface area contributed by atoms with Crippen LogP contribution >= 0.6 is 0 Å². The van der Waals surface area contributed by atoms with Crippen LogP contribution in [0.15, 0.2) is 41.3 Å². The molecule has 0 saturated heterocycles. The van der Waals surface area contributed by atoms with Crippen molar-refractivity contribution in [3.8, 4) is 17.2 Å². The molecule has 0 bridgehead atoms. The highest BCUT2D eigenvalue weighted by Gasteiger charge is 2.21. The molecule has 0 heterocycles. The lowest BCUT2D eigenvalue weighted by molar-refractivity contribution is 0.0470. The van der Waals surface area contributed by atoms with Crippen molar-refractivity contribution in [2.24, 2.45) is 5.14 Å². The number of ether oxygens (including phenoxy) is 4. The summed E-state index contributed by atoms with van der Waals surface area (Å²) in [5, 5.41) is 5.07. The molecule has 0 spiro atoms. The monoisotopic (exact) mass is 409 g/mol. The Hall–Kier alpha value is -3.11. The average Bonchev–Trinajstić information content (AvgIpc) is 2.69. The molecule has 2 aromatic carbocycles. The summed E-state index contributed by atoms with van der Waals surface area (Å²) in [7, 11) is 0.107. The number of methoxy groups -OCH3 is 3. The molecule has 0 aliphatic heterocycles. The molecule has 150 valence electrons. The van der Waals surface area contributed by atoms with Gasteiger partial charge in [0.15, 0.2) is 6.61 Å². The molecule has 2 aromatic rings. The van der Waals surface area contributed by atoms with Crippen LogP contribution in [0, 0.1) is 0 Å². The first-order valence-corrected chi connectivity index (χ1v) is 9.39. The van der Waals surface area contributed by atoms with Crippen molar-refractivity contribution < 1.29 is 37.0 Å². The first-order valence-electron chi connectivity index (χ1n) is 7.84. The summed E-state index contributed by atoms with van der Waals surface area (Å²) in [6.07, 6.45) is 0. The van der Waals surface area contributed by atoms with E-state index in [-0.39, 0.29) is 27.5 Å². The Morgan fingerprint density at radius 1 is 0.893 bits per heavy atom. The molecule has 2 N–H and O–H groups in total. The minimum absolute atomic E-state index is 0.0730. The third-order valence-electron chi connectivity index (χ3n) is 3.76. The van der Waals surface area contributed by atoms with Gasteiger partial charge in [-0.15, -0.1) is 0 Å². The van der Waals surface area contributed by atoms with Crippen LogP contribution in [0.5, 0.6) is 17.2 Å². The summed E-state index contributed by atoms with van der Waals surface area (Å²) in [6, 6.07) is 8.10. The molecule has 0 radical (unpaired) electrons. The van der Waals surface area contributed by atoms with Gasteiger partial charge < -0.3 is 18.9 Å². The first-order chi connectivity index (χ1) is 13.2.